The summed E-state index contributed by atoms with van der Waals surface area (Å²) in [5.74, 6) is -2.35. The summed E-state index contributed by atoms with van der Waals surface area (Å²) in [6.45, 7) is 0. The van der Waals surface area contributed by atoms with Crippen LogP contribution in [0.3, 0.4) is 0 Å². The van der Waals surface area contributed by atoms with Crippen LogP contribution in [0.5, 0.6) is 11.5 Å². The number of carboxylic acid groups (broad SMARTS) is 2. The molecule has 0 unspecified atom stereocenters. The van der Waals surface area contributed by atoms with Crippen LogP contribution in [-0.2, 0) is 9.59 Å². The Balaban J connectivity index is 0.000000196. The van der Waals surface area contributed by atoms with Crippen LogP contribution in [0.25, 0.3) is 0 Å². The monoisotopic (exact) mass is 446 g/mol. The van der Waals surface area contributed by atoms with Crippen molar-refractivity contribution in [2.24, 2.45) is 11.8 Å². The van der Waals surface area contributed by atoms with Crippen molar-refractivity contribution in [2.45, 2.75) is 25.7 Å². The van der Waals surface area contributed by atoms with Crippen molar-refractivity contribution in [3.05, 3.63) is 58.6 Å². The molecule has 0 atom stereocenters. The lowest BCUT2D eigenvalue weighted by molar-refractivity contribution is -0.145. The molecule has 0 amide bonds. The van der Waals surface area contributed by atoms with Gasteiger partial charge in [-0.3, -0.25) is 9.59 Å². The molecule has 2 aromatic carbocycles. The third kappa shape index (κ3) is 5.61. The van der Waals surface area contributed by atoms with Gasteiger partial charge in [0.2, 0.25) is 0 Å². The highest BCUT2D eigenvalue weighted by atomic mass is 35.5. The van der Waals surface area contributed by atoms with Gasteiger partial charge in [-0.2, -0.15) is 0 Å². The molecule has 2 N–H and O–H groups in total. The first-order valence-corrected chi connectivity index (χ1v) is 9.92. The number of aromatic carboxylic acids is 2. The quantitative estimate of drug-likeness (QED) is 0.522. The normalized spacial score (nSPS) is 19.8. The molecule has 5 aliphatic rings. The highest BCUT2D eigenvalue weighted by Crippen LogP contribution is 2.35. The van der Waals surface area contributed by atoms with Crippen molar-refractivity contribution >= 4 is 35.5 Å². The van der Waals surface area contributed by atoms with Crippen LogP contribution >= 0.6 is 11.6 Å². The Kier molecular flexibility index (Phi) is 6.91. The largest absolute Gasteiger partial charge is 0.478 e. The first-order valence-electron chi connectivity index (χ1n) is 9.54. The van der Waals surface area contributed by atoms with Gasteiger partial charge in [-0.1, -0.05) is 17.7 Å². The Morgan fingerprint density at radius 3 is 1.81 bits per heavy atom. The first kappa shape index (κ1) is 22.3. The molecule has 9 heteroatoms. The SMILES string of the molecule is O=C(O)c1cccc(C(=O)O)c1.O=C1Oc2ccc(c(Cl)c2)OC(=O)[C@H]2CC[C@H]1CC2. The molecule has 0 radical (unpaired) electrons. The molecule has 8 nitrogen and oxygen atoms in total. The Labute approximate surface area is 182 Å². The summed E-state index contributed by atoms with van der Waals surface area (Å²) in [5, 5.41) is 17.3. The Morgan fingerprint density at radius 1 is 0.806 bits per heavy atom. The Hall–Kier alpha value is -3.39. The molecule has 2 aromatic rings. The second kappa shape index (κ2) is 9.61. The lowest BCUT2D eigenvalue weighted by Crippen LogP contribution is -2.31. The number of carbonyl (C=O) groups excluding carboxylic acids is 2. The maximum absolute atomic E-state index is 12.0. The van der Waals surface area contributed by atoms with Crippen molar-refractivity contribution in [2.75, 3.05) is 0 Å². The molecule has 0 spiro atoms. The van der Waals surface area contributed by atoms with Gasteiger partial charge in [0, 0.05) is 6.07 Å². The molecule has 4 bridgehead atoms. The van der Waals surface area contributed by atoms with Gasteiger partial charge in [0.15, 0.2) is 0 Å². The Bertz CT molecular complexity index is 995. The van der Waals surface area contributed by atoms with E-state index in [1.165, 1.54) is 24.3 Å². The van der Waals surface area contributed by atoms with Crippen molar-refractivity contribution in [3.8, 4) is 11.5 Å². The molecular weight excluding hydrogens is 428 g/mol. The number of esters is 2. The van der Waals surface area contributed by atoms with Gasteiger partial charge in [-0.15, -0.1) is 0 Å². The second-order valence-electron chi connectivity index (χ2n) is 7.17. The van der Waals surface area contributed by atoms with Gasteiger partial charge in [0.1, 0.15) is 11.5 Å². The summed E-state index contributed by atoms with van der Waals surface area (Å²) in [7, 11) is 0. The van der Waals surface area contributed by atoms with Crippen LogP contribution in [0.15, 0.2) is 42.5 Å². The number of hydrogen-bond donors (Lipinski definition) is 2. The van der Waals surface area contributed by atoms with Crippen LogP contribution in [0.2, 0.25) is 5.02 Å². The number of ether oxygens (including phenoxy) is 2. The van der Waals surface area contributed by atoms with Crippen molar-refractivity contribution in [1.82, 2.24) is 0 Å². The van der Waals surface area contributed by atoms with Gasteiger partial charge in [-0.05, 0) is 56.0 Å². The first-order chi connectivity index (χ1) is 14.7. The van der Waals surface area contributed by atoms with Gasteiger partial charge in [0.05, 0.1) is 28.0 Å². The molecule has 1 fully saturated rings. The van der Waals surface area contributed by atoms with Crippen molar-refractivity contribution in [1.29, 1.82) is 0 Å². The van der Waals surface area contributed by atoms with Crippen LogP contribution in [0.4, 0.5) is 0 Å². The Morgan fingerprint density at radius 2 is 1.32 bits per heavy atom. The fourth-order valence-electron chi connectivity index (χ4n) is 3.37. The molecule has 4 aliphatic heterocycles. The summed E-state index contributed by atoms with van der Waals surface area (Å²) >= 11 is 6.01. The molecule has 7 rings (SSSR count). The minimum absolute atomic E-state index is 0.0186. The van der Waals surface area contributed by atoms with E-state index in [4.69, 9.17) is 31.3 Å². The zero-order valence-electron chi connectivity index (χ0n) is 16.2. The zero-order chi connectivity index (χ0) is 22.5. The van der Waals surface area contributed by atoms with E-state index >= 15 is 0 Å². The lowest BCUT2D eigenvalue weighted by Gasteiger charge is -2.26. The van der Waals surface area contributed by atoms with Crippen LogP contribution in [0.1, 0.15) is 46.4 Å². The molecule has 0 aromatic heterocycles. The smallest absolute Gasteiger partial charge is 0.335 e. The third-order valence-electron chi connectivity index (χ3n) is 5.08. The maximum Gasteiger partial charge on any atom is 0.335 e. The van der Waals surface area contributed by atoms with Crippen molar-refractivity contribution < 1.29 is 38.9 Å². The molecule has 4 heterocycles. The molecule has 1 aliphatic carbocycles. The molecule has 31 heavy (non-hydrogen) atoms. The summed E-state index contributed by atoms with van der Waals surface area (Å²) in [4.78, 5) is 44.8. The van der Waals surface area contributed by atoms with Crippen LogP contribution in [0, 0.1) is 11.8 Å². The minimum Gasteiger partial charge on any atom is -0.478 e. The zero-order valence-corrected chi connectivity index (χ0v) is 17.0. The van der Waals surface area contributed by atoms with Crippen molar-refractivity contribution in [3.63, 3.8) is 0 Å². The van der Waals surface area contributed by atoms with E-state index in [9.17, 15) is 19.2 Å². The molecule has 162 valence electrons. The fourth-order valence-corrected chi connectivity index (χ4v) is 3.58. The van der Waals surface area contributed by atoms with Crippen LogP contribution < -0.4 is 9.47 Å². The minimum atomic E-state index is -1.13. The summed E-state index contributed by atoms with van der Waals surface area (Å²) in [6, 6.07) is 9.83. The van der Waals surface area contributed by atoms with E-state index in [-0.39, 0.29) is 39.9 Å². The number of halogens is 1. The van der Waals surface area contributed by atoms with E-state index in [0.29, 0.717) is 37.2 Å². The second-order valence-corrected chi connectivity index (χ2v) is 7.58. The lowest BCUT2D eigenvalue weighted by atomic mass is 9.82. The summed E-state index contributed by atoms with van der Waals surface area (Å²) in [5.41, 5.74) is -0.0372. The average molecular weight is 447 g/mol. The van der Waals surface area contributed by atoms with Gasteiger partial charge < -0.3 is 19.7 Å². The fraction of sp³-hybridized carbons (Fsp3) is 0.273. The van der Waals surface area contributed by atoms with Crippen LogP contribution in [-0.4, -0.2) is 34.1 Å². The van der Waals surface area contributed by atoms with Gasteiger partial charge >= 0.3 is 23.9 Å². The number of rotatable bonds is 2. The number of hydrogen-bond acceptors (Lipinski definition) is 6. The highest BCUT2D eigenvalue weighted by Gasteiger charge is 2.33. The standard InChI is InChI=1S/C14H13ClO4.C8H6O4/c15-11-7-10-5-6-12(11)19-14(17)9-3-1-8(2-4-9)13(16)18-10;9-7(10)5-2-1-3-6(4-5)8(11)12/h5-9H,1-4H2;1-4H,(H,9,10)(H,11,12)/t8-,9-;. The molecule has 0 saturated heterocycles. The summed E-state index contributed by atoms with van der Waals surface area (Å²) < 4.78 is 10.6. The van der Waals surface area contributed by atoms with E-state index in [2.05, 4.69) is 0 Å². The summed E-state index contributed by atoms with van der Waals surface area (Å²) in [6.07, 6.45) is 2.66. The molecular formula is C22H19ClO8. The van der Waals surface area contributed by atoms with E-state index < -0.39 is 11.9 Å². The topological polar surface area (TPSA) is 127 Å². The predicted molar refractivity (Wildman–Crippen MR) is 109 cm³/mol. The number of carboxylic acids is 2. The number of benzene rings is 2. The van der Waals surface area contributed by atoms with Gasteiger partial charge in [-0.25, -0.2) is 9.59 Å². The van der Waals surface area contributed by atoms with E-state index in [0.717, 1.165) is 6.07 Å². The third-order valence-corrected chi connectivity index (χ3v) is 5.38. The molecule has 1 saturated carbocycles. The van der Waals surface area contributed by atoms with E-state index in [1.54, 1.807) is 12.1 Å². The average Bonchev–Trinajstić information content (AvgIpc) is 2.75. The number of carbonyl (C=O) groups is 4. The highest BCUT2D eigenvalue weighted by molar-refractivity contribution is 6.32. The maximum atomic E-state index is 12.0. The predicted octanol–water partition coefficient (Wildman–Crippen LogP) is 4.05. The van der Waals surface area contributed by atoms with E-state index in [1.807, 2.05) is 0 Å². The van der Waals surface area contributed by atoms with Gasteiger partial charge in [0.25, 0.3) is 0 Å².